The molecule has 1 atom stereocenters. The number of aldehydes is 1. The molecule has 1 aromatic carbocycles. The molecule has 2 rings (SSSR count). The molecule has 1 aliphatic rings. The van der Waals surface area contributed by atoms with Crippen molar-refractivity contribution in [3.05, 3.63) is 24.3 Å². The predicted octanol–water partition coefficient (Wildman–Crippen LogP) is 0.997. The van der Waals surface area contributed by atoms with Crippen molar-refractivity contribution in [3.8, 4) is 0 Å². The van der Waals surface area contributed by atoms with Crippen LogP contribution in [0.25, 0.3) is 0 Å². The quantitative estimate of drug-likeness (QED) is 0.840. The summed E-state index contributed by atoms with van der Waals surface area (Å²) in [6.45, 7) is 1.74. The van der Waals surface area contributed by atoms with Gasteiger partial charge in [0.1, 0.15) is 6.29 Å². The van der Waals surface area contributed by atoms with E-state index in [-0.39, 0.29) is 10.8 Å². The van der Waals surface area contributed by atoms with Crippen LogP contribution in [0.2, 0.25) is 0 Å². The first-order valence-corrected chi connectivity index (χ1v) is 7.74. The van der Waals surface area contributed by atoms with Crippen molar-refractivity contribution >= 4 is 27.9 Å². The third-order valence-electron chi connectivity index (χ3n) is 3.19. The number of amides is 1. The molecule has 0 radical (unpaired) electrons. The minimum absolute atomic E-state index is 0.125. The van der Waals surface area contributed by atoms with E-state index in [0.717, 1.165) is 0 Å². The van der Waals surface area contributed by atoms with Crippen LogP contribution >= 0.6 is 0 Å². The Balaban J connectivity index is 2.25. The van der Waals surface area contributed by atoms with Crippen LogP contribution in [0, 0.1) is 0 Å². The van der Waals surface area contributed by atoms with Crippen LogP contribution in [-0.2, 0) is 19.6 Å². The summed E-state index contributed by atoms with van der Waals surface area (Å²) >= 11 is 0. The number of hydrogen-bond acceptors (Lipinski definition) is 4. The first kappa shape index (κ1) is 14.7. The summed E-state index contributed by atoms with van der Waals surface area (Å²) in [5, 5.41) is 2.57. The van der Waals surface area contributed by atoms with Gasteiger partial charge in [-0.3, -0.25) is 4.79 Å². The zero-order valence-corrected chi connectivity index (χ0v) is 11.9. The molecule has 1 unspecified atom stereocenters. The molecule has 1 fully saturated rings. The van der Waals surface area contributed by atoms with Crippen molar-refractivity contribution < 1.29 is 18.0 Å². The predicted molar refractivity (Wildman–Crippen MR) is 73.7 cm³/mol. The number of sulfonamides is 1. The lowest BCUT2D eigenvalue weighted by atomic mass is 10.2. The average Bonchev–Trinajstić information content (AvgIpc) is 2.87. The van der Waals surface area contributed by atoms with E-state index in [4.69, 9.17) is 0 Å². The van der Waals surface area contributed by atoms with E-state index in [1.807, 2.05) is 0 Å². The Labute approximate surface area is 117 Å². The number of carbonyl (C=O) groups is 2. The van der Waals surface area contributed by atoms with Gasteiger partial charge >= 0.3 is 0 Å². The van der Waals surface area contributed by atoms with Gasteiger partial charge in [-0.15, -0.1) is 0 Å². The summed E-state index contributed by atoms with van der Waals surface area (Å²) in [4.78, 5) is 22.0. The highest BCUT2D eigenvalue weighted by Gasteiger charge is 2.34. The Kier molecular flexibility index (Phi) is 4.20. The standard InChI is InChI=1S/C13H16N2O4S/c1-10(17)14-11-4-6-13(7-5-11)20(18,19)15-8-2-3-12(15)9-16/h4-7,9,12H,2-3,8H2,1H3,(H,14,17). The number of nitrogens with zero attached hydrogens (tertiary/aromatic N) is 1. The SMILES string of the molecule is CC(=O)Nc1ccc(S(=O)(=O)N2CCCC2C=O)cc1. The fourth-order valence-corrected chi connectivity index (χ4v) is 3.88. The maximum atomic E-state index is 12.4. The smallest absolute Gasteiger partial charge is 0.243 e. The lowest BCUT2D eigenvalue weighted by molar-refractivity contribution is -0.114. The molecular weight excluding hydrogens is 280 g/mol. The van der Waals surface area contributed by atoms with Gasteiger partial charge in [0.05, 0.1) is 10.9 Å². The van der Waals surface area contributed by atoms with Crippen LogP contribution in [0.5, 0.6) is 0 Å². The van der Waals surface area contributed by atoms with E-state index in [1.54, 1.807) is 0 Å². The normalized spacial score (nSPS) is 19.8. The number of nitrogens with one attached hydrogen (secondary N) is 1. The fraction of sp³-hybridized carbons (Fsp3) is 0.385. The van der Waals surface area contributed by atoms with Crippen molar-refractivity contribution in [1.29, 1.82) is 0 Å². The fourth-order valence-electron chi connectivity index (χ4n) is 2.25. The van der Waals surface area contributed by atoms with E-state index in [0.29, 0.717) is 31.4 Å². The molecule has 1 aromatic rings. The number of rotatable bonds is 4. The first-order chi connectivity index (χ1) is 9.45. The minimum Gasteiger partial charge on any atom is -0.326 e. The second-order valence-electron chi connectivity index (χ2n) is 4.67. The van der Waals surface area contributed by atoms with E-state index < -0.39 is 16.1 Å². The lowest BCUT2D eigenvalue weighted by Gasteiger charge is -2.20. The highest BCUT2D eigenvalue weighted by atomic mass is 32.2. The number of carbonyl (C=O) groups excluding carboxylic acids is 2. The second kappa shape index (κ2) is 5.72. The van der Waals surface area contributed by atoms with Gasteiger partial charge in [0.15, 0.2) is 0 Å². The first-order valence-electron chi connectivity index (χ1n) is 6.30. The maximum absolute atomic E-state index is 12.4. The van der Waals surface area contributed by atoms with Gasteiger partial charge in [-0.2, -0.15) is 4.31 Å². The van der Waals surface area contributed by atoms with Gasteiger partial charge in [0.2, 0.25) is 15.9 Å². The van der Waals surface area contributed by atoms with Crippen LogP contribution < -0.4 is 5.32 Å². The van der Waals surface area contributed by atoms with E-state index in [1.165, 1.54) is 35.5 Å². The molecule has 0 saturated carbocycles. The summed E-state index contributed by atoms with van der Waals surface area (Å²) in [5.74, 6) is -0.221. The zero-order valence-electron chi connectivity index (χ0n) is 11.1. The van der Waals surface area contributed by atoms with Crippen molar-refractivity contribution in [3.63, 3.8) is 0 Å². The highest BCUT2D eigenvalue weighted by molar-refractivity contribution is 7.89. The molecule has 108 valence electrons. The zero-order chi connectivity index (χ0) is 14.8. The van der Waals surface area contributed by atoms with Gasteiger partial charge in [-0.1, -0.05) is 0 Å². The summed E-state index contributed by atoms with van der Waals surface area (Å²) in [6, 6.07) is 5.34. The molecule has 1 N–H and O–H groups in total. The van der Waals surface area contributed by atoms with Crippen molar-refractivity contribution in [2.75, 3.05) is 11.9 Å². The van der Waals surface area contributed by atoms with Crippen LogP contribution in [-0.4, -0.2) is 37.5 Å². The third-order valence-corrected chi connectivity index (χ3v) is 5.13. The molecule has 7 heteroatoms. The Hall–Kier alpha value is -1.73. The monoisotopic (exact) mass is 296 g/mol. The summed E-state index contributed by atoms with van der Waals surface area (Å²) in [7, 11) is -3.66. The summed E-state index contributed by atoms with van der Waals surface area (Å²) in [5.41, 5.74) is 0.532. The van der Waals surface area contributed by atoms with E-state index in [2.05, 4.69) is 5.32 Å². The molecule has 0 aliphatic carbocycles. The molecule has 20 heavy (non-hydrogen) atoms. The molecule has 0 bridgehead atoms. The van der Waals surface area contributed by atoms with E-state index >= 15 is 0 Å². The number of benzene rings is 1. The molecule has 0 spiro atoms. The summed E-state index contributed by atoms with van der Waals surface area (Å²) < 4.78 is 26.1. The van der Waals surface area contributed by atoms with Gasteiger partial charge in [-0.05, 0) is 37.1 Å². The van der Waals surface area contributed by atoms with Gasteiger partial charge < -0.3 is 10.1 Å². The van der Waals surface area contributed by atoms with Gasteiger partial charge in [0.25, 0.3) is 0 Å². The Morgan fingerprint density at radius 2 is 2.00 bits per heavy atom. The van der Waals surface area contributed by atoms with E-state index in [9.17, 15) is 18.0 Å². The molecular formula is C13H16N2O4S. The third kappa shape index (κ3) is 2.88. The van der Waals surface area contributed by atoms with Gasteiger partial charge in [-0.25, -0.2) is 8.42 Å². The van der Waals surface area contributed by atoms with Crippen LogP contribution in [0.4, 0.5) is 5.69 Å². The number of anilines is 1. The molecule has 1 saturated heterocycles. The van der Waals surface area contributed by atoms with Crippen molar-refractivity contribution in [2.45, 2.75) is 30.7 Å². The Morgan fingerprint density at radius 1 is 1.35 bits per heavy atom. The summed E-state index contributed by atoms with van der Waals surface area (Å²) in [6.07, 6.45) is 1.93. The number of hydrogen-bond donors (Lipinski definition) is 1. The maximum Gasteiger partial charge on any atom is 0.243 e. The molecule has 0 aromatic heterocycles. The van der Waals surface area contributed by atoms with Crippen molar-refractivity contribution in [1.82, 2.24) is 4.31 Å². The Bertz CT molecular complexity index is 610. The Morgan fingerprint density at radius 3 is 2.55 bits per heavy atom. The lowest BCUT2D eigenvalue weighted by Crippen LogP contribution is -2.36. The second-order valence-corrected chi connectivity index (χ2v) is 6.56. The topological polar surface area (TPSA) is 83.6 Å². The van der Waals surface area contributed by atoms with Gasteiger partial charge in [0, 0.05) is 19.2 Å². The molecule has 1 aliphatic heterocycles. The molecule has 1 heterocycles. The van der Waals surface area contributed by atoms with Crippen LogP contribution in [0.15, 0.2) is 29.2 Å². The molecule has 1 amide bonds. The van der Waals surface area contributed by atoms with Crippen molar-refractivity contribution in [2.24, 2.45) is 0 Å². The van der Waals surface area contributed by atoms with Crippen LogP contribution in [0.3, 0.4) is 0 Å². The largest absolute Gasteiger partial charge is 0.326 e. The highest BCUT2D eigenvalue weighted by Crippen LogP contribution is 2.25. The minimum atomic E-state index is -3.66. The molecule has 6 nitrogen and oxygen atoms in total. The average molecular weight is 296 g/mol. The van der Waals surface area contributed by atoms with Crippen LogP contribution in [0.1, 0.15) is 19.8 Å².